The van der Waals surface area contributed by atoms with Gasteiger partial charge in [-0.2, -0.15) is 0 Å². The van der Waals surface area contributed by atoms with Crippen molar-refractivity contribution in [1.82, 2.24) is 5.32 Å². The molecule has 0 aliphatic carbocycles. The first-order valence-corrected chi connectivity index (χ1v) is 6.50. The fourth-order valence-corrected chi connectivity index (χ4v) is 1.57. The number of nitrogens with one attached hydrogen (secondary N) is 1. The molecule has 0 heterocycles. The van der Waals surface area contributed by atoms with Crippen molar-refractivity contribution in [1.29, 1.82) is 0 Å². The van der Waals surface area contributed by atoms with Gasteiger partial charge in [0.05, 0.1) is 12.7 Å². The van der Waals surface area contributed by atoms with Gasteiger partial charge in [0.15, 0.2) is 0 Å². The van der Waals surface area contributed by atoms with E-state index in [0.29, 0.717) is 26.1 Å². The van der Waals surface area contributed by atoms with Crippen molar-refractivity contribution in [3.63, 3.8) is 0 Å². The molecule has 0 fully saturated rings. The summed E-state index contributed by atoms with van der Waals surface area (Å²) in [4.78, 5) is 0. The molecule has 0 spiro atoms. The summed E-state index contributed by atoms with van der Waals surface area (Å²) in [5, 5.41) is 21.6. The molecule has 0 saturated carbocycles. The van der Waals surface area contributed by atoms with Gasteiger partial charge in [-0.05, 0) is 37.1 Å². The minimum Gasteiger partial charge on any atom is -0.494 e. The fraction of sp³-hybridized carbons (Fsp3) is 0.571. The first kappa shape index (κ1) is 15.0. The topological polar surface area (TPSA) is 61.7 Å². The normalized spacial score (nSPS) is 12.4. The summed E-state index contributed by atoms with van der Waals surface area (Å²) < 4.78 is 5.48. The van der Waals surface area contributed by atoms with Gasteiger partial charge in [-0.1, -0.05) is 19.1 Å². The molecule has 3 N–H and O–H groups in total. The zero-order chi connectivity index (χ0) is 13.2. The molecular weight excluding hydrogens is 230 g/mol. The van der Waals surface area contributed by atoms with E-state index in [0.717, 1.165) is 17.7 Å². The molecule has 18 heavy (non-hydrogen) atoms. The van der Waals surface area contributed by atoms with Crippen LogP contribution in [0.5, 0.6) is 5.75 Å². The fourth-order valence-electron chi connectivity index (χ4n) is 1.57. The van der Waals surface area contributed by atoms with Crippen LogP contribution in [-0.4, -0.2) is 36.5 Å². The molecule has 1 aromatic rings. The summed E-state index contributed by atoms with van der Waals surface area (Å²) in [6, 6.07) is 7.51. The predicted molar refractivity (Wildman–Crippen MR) is 71.8 cm³/mol. The van der Waals surface area contributed by atoms with Crippen LogP contribution >= 0.6 is 0 Å². The Morgan fingerprint density at radius 3 is 2.61 bits per heavy atom. The summed E-state index contributed by atoms with van der Waals surface area (Å²) in [5.74, 6) is 0.834. The second-order valence-electron chi connectivity index (χ2n) is 4.21. The summed E-state index contributed by atoms with van der Waals surface area (Å²) in [5.41, 5.74) is 0.871. The number of aliphatic hydroxyl groups is 2. The smallest absolute Gasteiger partial charge is 0.119 e. The first-order valence-electron chi connectivity index (χ1n) is 6.50. The van der Waals surface area contributed by atoms with Crippen molar-refractivity contribution in [3.8, 4) is 5.75 Å². The number of rotatable bonds is 9. The van der Waals surface area contributed by atoms with E-state index >= 15 is 0 Å². The van der Waals surface area contributed by atoms with Gasteiger partial charge in [-0.25, -0.2) is 0 Å². The standard InChI is InChI=1S/C14H23NO3/c1-2-10-18-13-6-4-12(5-7-13)14(17)11-15-8-3-9-16/h4-7,14-17H,2-3,8-11H2,1H3. The van der Waals surface area contributed by atoms with Crippen LogP contribution in [0, 0.1) is 0 Å². The highest BCUT2D eigenvalue weighted by atomic mass is 16.5. The van der Waals surface area contributed by atoms with Gasteiger partial charge in [0.25, 0.3) is 0 Å². The van der Waals surface area contributed by atoms with Crippen LogP contribution in [-0.2, 0) is 0 Å². The largest absolute Gasteiger partial charge is 0.494 e. The Morgan fingerprint density at radius 1 is 1.28 bits per heavy atom. The third-order valence-electron chi connectivity index (χ3n) is 2.59. The SMILES string of the molecule is CCCOc1ccc(C(O)CNCCCO)cc1. The lowest BCUT2D eigenvalue weighted by molar-refractivity contribution is 0.173. The second kappa shape index (κ2) is 8.91. The summed E-state index contributed by atoms with van der Waals surface area (Å²) >= 11 is 0. The minimum absolute atomic E-state index is 0.173. The summed E-state index contributed by atoms with van der Waals surface area (Å²) in [6.45, 7) is 4.16. The molecule has 0 saturated heterocycles. The molecule has 0 aliphatic heterocycles. The third-order valence-corrected chi connectivity index (χ3v) is 2.59. The molecular formula is C14H23NO3. The highest BCUT2D eigenvalue weighted by Gasteiger charge is 2.06. The van der Waals surface area contributed by atoms with Crippen molar-refractivity contribution in [2.45, 2.75) is 25.9 Å². The molecule has 0 amide bonds. The molecule has 102 valence electrons. The molecule has 1 rings (SSSR count). The number of aliphatic hydroxyl groups excluding tert-OH is 2. The molecule has 4 heteroatoms. The van der Waals surface area contributed by atoms with Crippen LogP contribution in [0.4, 0.5) is 0 Å². The van der Waals surface area contributed by atoms with Crippen LogP contribution in [0.3, 0.4) is 0 Å². The van der Waals surface area contributed by atoms with Crippen LogP contribution < -0.4 is 10.1 Å². The highest BCUT2D eigenvalue weighted by Crippen LogP contribution is 2.17. The number of hydrogen-bond acceptors (Lipinski definition) is 4. The number of hydrogen-bond donors (Lipinski definition) is 3. The quantitative estimate of drug-likeness (QED) is 0.583. The molecule has 0 aliphatic rings. The average molecular weight is 253 g/mol. The van der Waals surface area contributed by atoms with Gasteiger partial charge < -0.3 is 20.3 Å². The molecule has 0 radical (unpaired) electrons. The highest BCUT2D eigenvalue weighted by molar-refractivity contribution is 5.28. The van der Waals surface area contributed by atoms with Crippen molar-refractivity contribution in [3.05, 3.63) is 29.8 Å². The summed E-state index contributed by atoms with van der Waals surface area (Å²) in [6.07, 6.45) is 1.17. The van der Waals surface area contributed by atoms with Crippen molar-refractivity contribution in [2.24, 2.45) is 0 Å². The van der Waals surface area contributed by atoms with E-state index in [4.69, 9.17) is 9.84 Å². The second-order valence-corrected chi connectivity index (χ2v) is 4.21. The van der Waals surface area contributed by atoms with E-state index in [1.807, 2.05) is 24.3 Å². The van der Waals surface area contributed by atoms with Crippen LogP contribution in [0.15, 0.2) is 24.3 Å². The maximum atomic E-state index is 9.92. The Kier molecular flexibility index (Phi) is 7.41. The predicted octanol–water partition coefficient (Wildman–Crippen LogP) is 1.48. The Labute approximate surface area is 109 Å². The van der Waals surface area contributed by atoms with Gasteiger partial charge in [0.2, 0.25) is 0 Å². The van der Waals surface area contributed by atoms with Gasteiger partial charge in [0.1, 0.15) is 5.75 Å². The zero-order valence-corrected chi connectivity index (χ0v) is 10.9. The Morgan fingerprint density at radius 2 is 2.00 bits per heavy atom. The van der Waals surface area contributed by atoms with E-state index in [1.165, 1.54) is 0 Å². The van der Waals surface area contributed by atoms with E-state index in [9.17, 15) is 5.11 Å². The Bertz CT molecular complexity index is 313. The maximum absolute atomic E-state index is 9.92. The van der Waals surface area contributed by atoms with Gasteiger partial charge in [0, 0.05) is 13.2 Å². The third kappa shape index (κ3) is 5.49. The number of ether oxygens (including phenoxy) is 1. The average Bonchev–Trinajstić information content (AvgIpc) is 2.41. The molecule has 1 aromatic carbocycles. The molecule has 1 unspecified atom stereocenters. The van der Waals surface area contributed by atoms with Crippen LogP contribution in [0.25, 0.3) is 0 Å². The van der Waals surface area contributed by atoms with E-state index in [2.05, 4.69) is 12.2 Å². The lowest BCUT2D eigenvalue weighted by atomic mass is 10.1. The van der Waals surface area contributed by atoms with Crippen molar-refractivity contribution < 1.29 is 14.9 Å². The zero-order valence-electron chi connectivity index (χ0n) is 10.9. The van der Waals surface area contributed by atoms with Crippen LogP contribution in [0.2, 0.25) is 0 Å². The van der Waals surface area contributed by atoms with E-state index in [1.54, 1.807) is 0 Å². The molecule has 4 nitrogen and oxygen atoms in total. The van der Waals surface area contributed by atoms with E-state index < -0.39 is 6.10 Å². The van der Waals surface area contributed by atoms with E-state index in [-0.39, 0.29) is 6.61 Å². The first-order chi connectivity index (χ1) is 8.77. The van der Waals surface area contributed by atoms with Crippen molar-refractivity contribution in [2.75, 3.05) is 26.3 Å². The van der Waals surface area contributed by atoms with Crippen molar-refractivity contribution >= 4 is 0 Å². The van der Waals surface area contributed by atoms with Gasteiger partial charge in [-0.3, -0.25) is 0 Å². The summed E-state index contributed by atoms with van der Waals surface area (Å²) in [7, 11) is 0. The Balaban J connectivity index is 2.36. The molecule has 1 atom stereocenters. The molecule has 0 aromatic heterocycles. The minimum atomic E-state index is -0.524. The lowest BCUT2D eigenvalue weighted by Crippen LogP contribution is -2.23. The lowest BCUT2D eigenvalue weighted by Gasteiger charge is -2.12. The maximum Gasteiger partial charge on any atom is 0.119 e. The number of benzene rings is 1. The van der Waals surface area contributed by atoms with Gasteiger partial charge >= 0.3 is 0 Å². The van der Waals surface area contributed by atoms with Crippen LogP contribution in [0.1, 0.15) is 31.4 Å². The van der Waals surface area contributed by atoms with Gasteiger partial charge in [-0.15, -0.1) is 0 Å². The monoisotopic (exact) mass is 253 g/mol. The molecule has 0 bridgehead atoms. The Hall–Kier alpha value is -1.10.